The summed E-state index contributed by atoms with van der Waals surface area (Å²) < 4.78 is 0. The average molecular weight is 360 g/mol. The van der Waals surface area contributed by atoms with Crippen molar-refractivity contribution in [1.29, 1.82) is 0 Å². The molecule has 0 unspecified atom stereocenters. The van der Waals surface area contributed by atoms with Gasteiger partial charge in [-0.15, -0.1) is 0 Å². The number of benzene rings is 1. The molecule has 1 nitrogen and oxygen atoms in total. The number of hydrogen-bond acceptors (Lipinski definition) is 1. The molecule has 0 radical (unpaired) electrons. The first-order chi connectivity index (χ1) is 12.7. The van der Waals surface area contributed by atoms with Crippen LogP contribution in [0.5, 0.6) is 0 Å². The fraction of sp³-hybridized carbons (Fsp3) is 0.760. The third-order valence-electron chi connectivity index (χ3n) is 6.01. The topological polar surface area (TPSA) is 3.24 Å². The molecule has 150 valence electrons. The summed E-state index contributed by atoms with van der Waals surface area (Å²) >= 11 is 0. The van der Waals surface area contributed by atoms with Crippen LogP contribution in [-0.4, -0.2) is 18.0 Å². The Bertz CT molecular complexity index is 441. The standard InChI is InChI=1S/C16H25N.C7H14.C2H6/c1-3-14-9-7-8-10-15(14)13-17(2)16-11-5-4-6-12-16;1-7-5-3-2-4-6-7;1-2/h7-10,16H,3-6,11-13H2,1-2H3;7H,2-6H2,1H3;1-2H3. The van der Waals surface area contributed by atoms with E-state index < -0.39 is 0 Å². The summed E-state index contributed by atoms with van der Waals surface area (Å²) in [4.78, 5) is 2.56. The van der Waals surface area contributed by atoms with E-state index >= 15 is 0 Å². The van der Waals surface area contributed by atoms with Crippen molar-refractivity contribution in [2.24, 2.45) is 5.92 Å². The summed E-state index contributed by atoms with van der Waals surface area (Å²) in [6, 6.07) is 9.70. The van der Waals surface area contributed by atoms with Gasteiger partial charge in [0.2, 0.25) is 0 Å². The minimum atomic E-state index is 0.814. The molecule has 1 aromatic rings. The Labute approximate surface area is 164 Å². The van der Waals surface area contributed by atoms with Gasteiger partial charge < -0.3 is 0 Å². The summed E-state index contributed by atoms with van der Waals surface area (Å²) in [7, 11) is 2.29. The van der Waals surface area contributed by atoms with Crippen molar-refractivity contribution >= 4 is 0 Å². The zero-order chi connectivity index (χ0) is 19.2. The van der Waals surface area contributed by atoms with Crippen molar-refractivity contribution < 1.29 is 0 Å². The lowest BCUT2D eigenvalue weighted by Gasteiger charge is -2.31. The molecule has 2 aliphatic carbocycles. The van der Waals surface area contributed by atoms with E-state index in [1.165, 1.54) is 75.3 Å². The van der Waals surface area contributed by atoms with Gasteiger partial charge in [-0.1, -0.05) is 103 Å². The third kappa shape index (κ3) is 8.71. The van der Waals surface area contributed by atoms with Crippen LogP contribution in [0.3, 0.4) is 0 Å². The molecule has 0 amide bonds. The predicted octanol–water partition coefficient (Wildman–Crippen LogP) is 7.63. The molecule has 1 aromatic carbocycles. The van der Waals surface area contributed by atoms with Crippen LogP contribution in [0.2, 0.25) is 0 Å². The molecule has 0 spiro atoms. The van der Waals surface area contributed by atoms with Crippen LogP contribution in [0.15, 0.2) is 24.3 Å². The van der Waals surface area contributed by atoms with Gasteiger partial charge >= 0.3 is 0 Å². The molecule has 0 N–H and O–H groups in total. The van der Waals surface area contributed by atoms with Gasteiger partial charge in [-0.25, -0.2) is 0 Å². The van der Waals surface area contributed by atoms with Crippen molar-refractivity contribution in [3.8, 4) is 0 Å². The lowest BCUT2D eigenvalue weighted by atomic mass is 9.91. The number of nitrogens with zero attached hydrogens (tertiary/aromatic N) is 1. The fourth-order valence-corrected chi connectivity index (χ4v) is 4.28. The first kappa shape index (κ1) is 23.2. The van der Waals surface area contributed by atoms with Crippen LogP contribution < -0.4 is 0 Å². The van der Waals surface area contributed by atoms with Gasteiger partial charge in [0, 0.05) is 12.6 Å². The quantitative estimate of drug-likeness (QED) is 0.534. The predicted molar refractivity (Wildman–Crippen MR) is 118 cm³/mol. The first-order valence-corrected chi connectivity index (χ1v) is 11.5. The summed E-state index contributed by atoms with van der Waals surface area (Å²) in [5.74, 6) is 1.04. The second kappa shape index (κ2) is 14.3. The summed E-state index contributed by atoms with van der Waals surface area (Å²) in [6.07, 6.45) is 15.7. The summed E-state index contributed by atoms with van der Waals surface area (Å²) in [5.41, 5.74) is 3.03. The number of aryl methyl sites for hydroxylation is 1. The molecular formula is C25H45N. The van der Waals surface area contributed by atoms with Crippen LogP contribution in [0.4, 0.5) is 0 Å². The zero-order valence-electron chi connectivity index (χ0n) is 18.4. The average Bonchev–Trinajstić information content (AvgIpc) is 2.71. The van der Waals surface area contributed by atoms with Crippen molar-refractivity contribution in [2.75, 3.05) is 7.05 Å². The van der Waals surface area contributed by atoms with Crippen LogP contribution in [-0.2, 0) is 13.0 Å². The van der Waals surface area contributed by atoms with Gasteiger partial charge in [-0.05, 0) is 43.4 Å². The highest BCUT2D eigenvalue weighted by atomic mass is 15.1. The van der Waals surface area contributed by atoms with Gasteiger partial charge in [0.05, 0.1) is 0 Å². The van der Waals surface area contributed by atoms with Gasteiger partial charge in [0.25, 0.3) is 0 Å². The Morgan fingerprint density at radius 3 is 1.77 bits per heavy atom. The highest BCUT2D eigenvalue weighted by Crippen LogP contribution is 2.24. The largest absolute Gasteiger partial charge is 0.299 e. The maximum Gasteiger partial charge on any atom is 0.0236 e. The Kier molecular flexibility index (Phi) is 12.7. The second-order valence-electron chi connectivity index (χ2n) is 8.07. The van der Waals surface area contributed by atoms with E-state index in [2.05, 4.69) is 50.1 Å². The normalized spacial score (nSPS) is 18.5. The van der Waals surface area contributed by atoms with E-state index in [1.807, 2.05) is 13.8 Å². The Morgan fingerprint density at radius 1 is 0.808 bits per heavy atom. The molecule has 2 saturated carbocycles. The van der Waals surface area contributed by atoms with E-state index in [0.29, 0.717) is 0 Å². The fourth-order valence-electron chi connectivity index (χ4n) is 4.28. The molecule has 0 heterocycles. The van der Waals surface area contributed by atoms with Gasteiger partial charge in [0.15, 0.2) is 0 Å². The molecule has 2 aliphatic rings. The van der Waals surface area contributed by atoms with E-state index in [0.717, 1.165) is 24.9 Å². The molecule has 0 aromatic heterocycles. The Hall–Kier alpha value is -0.820. The minimum Gasteiger partial charge on any atom is -0.299 e. The van der Waals surface area contributed by atoms with Crippen LogP contribution in [0.1, 0.15) is 103 Å². The van der Waals surface area contributed by atoms with Crippen molar-refractivity contribution in [3.63, 3.8) is 0 Å². The smallest absolute Gasteiger partial charge is 0.0236 e. The Morgan fingerprint density at radius 2 is 1.31 bits per heavy atom. The van der Waals surface area contributed by atoms with Crippen LogP contribution >= 0.6 is 0 Å². The Balaban J connectivity index is 0.000000313. The molecule has 3 rings (SSSR count). The third-order valence-corrected chi connectivity index (χ3v) is 6.01. The molecule has 1 heteroatoms. The first-order valence-electron chi connectivity index (χ1n) is 11.5. The van der Waals surface area contributed by atoms with E-state index in [1.54, 1.807) is 0 Å². The van der Waals surface area contributed by atoms with E-state index in [9.17, 15) is 0 Å². The molecule has 26 heavy (non-hydrogen) atoms. The molecular weight excluding hydrogens is 314 g/mol. The maximum atomic E-state index is 2.56. The van der Waals surface area contributed by atoms with Crippen LogP contribution in [0, 0.1) is 5.92 Å². The van der Waals surface area contributed by atoms with Crippen molar-refractivity contribution in [3.05, 3.63) is 35.4 Å². The molecule has 2 fully saturated rings. The summed E-state index contributed by atoms with van der Waals surface area (Å²) in [6.45, 7) is 9.73. The highest BCUT2D eigenvalue weighted by molar-refractivity contribution is 5.26. The second-order valence-corrected chi connectivity index (χ2v) is 8.07. The van der Waals surface area contributed by atoms with Crippen molar-refractivity contribution in [2.45, 2.75) is 111 Å². The number of hydrogen-bond donors (Lipinski definition) is 0. The SMILES string of the molecule is CC.CC1CCCCC1.CCc1ccccc1CN(C)C1CCCCC1. The highest BCUT2D eigenvalue weighted by Gasteiger charge is 2.18. The van der Waals surface area contributed by atoms with Gasteiger partial charge in [0.1, 0.15) is 0 Å². The van der Waals surface area contributed by atoms with E-state index in [-0.39, 0.29) is 0 Å². The lowest BCUT2D eigenvalue weighted by Crippen LogP contribution is -2.33. The van der Waals surface area contributed by atoms with Crippen LogP contribution in [0.25, 0.3) is 0 Å². The zero-order valence-corrected chi connectivity index (χ0v) is 18.4. The number of rotatable bonds is 4. The molecule has 0 aliphatic heterocycles. The monoisotopic (exact) mass is 359 g/mol. The van der Waals surface area contributed by atoms with Gasteiger partial charge in [-0.3, -0.25) is 4.90 Å². The minimum absolute atomic E-state index is 0.814. The van der Waals surface area contributed by atoms with Gasteiger partial charge in [-0.2, -0.15) is 0 Å². The molecule has 0 saturated heterocycles. The lowest BCUT2D eigenvalue weighted by molar-refractivity contribution is 0.184. The molecule has 0 atom stereocenters. The molecule has 0 bridgehead atoms. The maximum absolute atomic E-state index is 2.56. The summed E-state index contributed by atoms with van der Waals surface area (Å²) in [5, 5.41) is 0. The van der Waals surface area contributed by atoms with Crippen molar-refractivity contribution in [1.82, 2.24) is 4.90 Å². The van der Waals surface area contributed by atoms with E-state index in [4.69, 9.17) is 0 Å².